The van der Waals surface area contributed by atoms with Gasteiger partial charge in [0, 0.05) is 18.1 Å². The molecule has 0 unspecified atom stereocenters. The molecule has 2 aromatic carbocycles. The van der Waals surface area contributed by atoms with Gasteiger partial charge in [0.15, 0.2) is 0 Å². The van der Waals surface area contributed by atoms with Crippen LogP contribution in [0.15, 0.2) is 42.5 Å². The van der Waals surface area contributed by atoms with Crippen molar-refractivity contribution in [1.29, 1.82) is 0 Å². The Balaban J connectivity index is 1.89. The van der Waals surface area contributed by atoms with Crippen molar-refractivity contribution in [3.8, 4) is 0 Å². The molecule has 0 saturated heterocycles. The van der Waals surface area contributed by atoms with E-state index in [1.54, 1.807) is 23.9 Å². The topological polar surface area (TPSA) is 66.5 Å². The number of hydrogen-bond donors (Lipinski definition) is 1. The monoisotopic (exact) mass is 460 g/mol. The van der Waals surface area contributed by atoms with E-state index in [9.17, 15) is 13.2 Å². The van der Waals surface area contributed by atoms with E-state index in [4.69, 9.17) is 23.2 Å². The minimum absolute atomic E-state index is 0.0937. The third-order valence-electron chi connectivity index (χ3n) is 3.97. The lowest BCUT2D eigenvalue weighted by atomic mass is 10.1. The number of anilines is 1. The Hall–Kier alpha value is -1.41. The molecule has 28 heavy (non-hydrogen) atoms. The van der Waals surface area contributed by atoms with Crippen LogP contribution in [0.3, 0.4) is 0 Å². The van der Waals surface area contributed by atoms with Crippen LogP contribution in [0.4, 0.5) is 5.69 Å². The molecule has 0 aliphatic carbocycles. The first-order valence-electron chi connectivity index (χ1n) is 8.51. The minimum atomic E-state index is -3.70. The number of halogens is 2. The molecule has 0 fully saturated rings. The summed E-state index contributed by atoms with van der Waals surface area (Å²) in [5, 5.41) is 3.06. The highest BCUT2D eigenvalue weighted by molar-refractivity contribution is 7.98. The third kappa shape index (κ3) is 6.58. The first-order chi connectivity index (χ1) is 13.2. The smallest absolute Gasteiger partial charge is 0.240 e. The van der Waals surface area contributed by atoms with Gasteiger partial charge in [0.2, 0.25) is 15.9 Å². The lowest BCUT2D eigenvalue weighted by Gasteiger charge is -2.23. The molecule has 2 rings (SSSR count). The van der Waals surface area contributed by atoms with Gasteiger partial charge < -0.3 is 5.32 Å². The summed E-state index contributed by atoms with van der Waals surface area (Å²) in [6.45, 7) is 2.15. The lowest BCUT2D eigenvalue weighted by Crippen LogP contribution is -2.41. The van der Waals surface area contributed by atoms with Gasteiger partial charge >= 0.3 is 0 Å². The summed E-state index contributed by atoms with van der Waals surface area (Å²) in [5.41, 5.74) is 2.68. The van der Waals surface area contributed by atoms with Crippen molar-refractivity contribution in [2.24, 2.45) is 0 Å². The fraction of sp³-hybridized carbons (Fsp3) is 0.316. The Morgan fingerprint density at radius 3 is 2.54 bits per heavy atom. The summed E-state index contributed by atoms with van der Waals surface area (Å²) in [6, 6.07) is 12.8. The van der Waals surface area contributed by atoms with Crippen molar-refractivity contribution < 1.29 is 13.2 Å². The second-order valence-electron chi connectivity index (χ2n) is 6.17. The van der Waals surface area contributed by atoms with Crippen molar-refractivity contribution >= 4 is 56.6 Å². The standard InChI is InChI=1S/C19H22Cl2N2O3S2/c1-14-6-3-4-7-15(14)13-27-11-10-22-18(24)12-23(28(2,25)26)17-9-5-8-16(20)19(17)21/h3-9H,10-13H2,1-2H3,(H,22,24). The number of rotatable bonds is 9. The van der Waals surface area contributed by atoms with Crippen LogP contribution >= 0.6 is 35.0 Å². The molecule has 0 aliphatic rings. The van der Waals surface area contributed by atoms with E-state index < -0.39 is 15.9 Å². The van der Waals surface area contributed by atoms with Crippen LogP contribution in [0.25, 0.3) is 0 Å². The molecule has 0 spiro atoms. The lowest BCUT2D eigenvalue weighted by molar-refractivity contribution is -0.119. The van der Waals surface area contributed by atoms with Gasteiger partial charge in [0.1, 0.15) is 6.54 Å². The molecular formula is C19H22Cl2N2O3S2. The van der Waals surface area contributed by atoms with Gasteiger partial charge in [-0.05, 0) is 30.2 Å². The third-order valence-corrected chi connectivity index (χ3v) is 6.92. The number of amides is 1. The Labute approximate surface area is 180 Å². The maximum atomic E-state index is 12.3. The molecule has 0 aromatic heterocycles. The normalized spacial score (nSPS) is 11.3. The number of carbonyl (C=O) groups is 1. The van der Waals surface area contributed by atoms with E-state index in [0.717, 1.165) is 22.1 Å². The molecule has 1 N–H and O–H groups in total. The Morgan fingerprint density at radius 1 is 1.14 bits per heavy atom. The molecule has 9 heteroatoms. The first-order valence-corrected chi connectivity index (χ1v) is 12.3. The quantitative estimate of drug-likeness (QED) is 0.571. The number of nitrogens with zero attached hydrogens (tertiary/aromatic N) is 1. The summed E-state index contributed by atoms with van der Waals surface area (Å²) in [4.78, 5) is 12.3. The van der Waals surface area contributed by atoms with Gasteiger partial charge in [-0.2, -0.15) is 11.8 Å². The van der Waals surface area contributed by atoms with E-state index in [1.807, 2.05) is 12.1 Å². The van der Waals surface area contributed by atoms with Crippen molar-refractivity contribution in [1.82, 2.24) is 5.32 Å². The number of benzene rings is 2. The Bertz CT molecular complexity index is 937. The molecule has 0 radical (unpaired) electrons. The highest BCUT2D eigenvalue weighted by atomic mass is 35.5. The predicted molar refractivity (Wildman–Crippen MR) is 119 cm³/mol. The van der Waals surface area contributed by atoms with E-state index >= 15 is 0 Å². The maximum absolute atomic E-state index is 12.3. The summed E-state index contributed by atoms with van der Waals surface area (Å²) >= 11 is 13.8. The molecule has 0 aliphatic heterocycles. The number of aryl methyl sites for hydroxylation is 1. The zero-order valence-corrected chi connectivity index (χ0v) is 18.8. The average Bonchev–Trinajstić information content (AvgIpc) is 2.62. The van der Waals surface area contributed by atoms with Gasteiger partial charge in [-0.3, -0.25) is 9.10 Å². The maximum Gasteiger partial charge on any atom is 0.240 e. The SMILES string of the molecule is Cc1ccccc1CSCCNC(=O)CN(c1cccc(Cl)c1Cl)S(C)(=O)=O. The zero-order valence-electron chi connectivity index (χ0n) is 15.6. The molecule has 0 saturated carbocycles. The van der Waals surface area contributed by atoms with Crippen LogP contribution in [-0.2, 0) is 20.6 Å². The van der Waals surface area contributed by atoms with Gasteiger partial charge in [0.25, 0.3) is 0 Å². The fourth-order valence-corrected chi connectivity index (χ4v) is 4.71. The second-order valence-corrected chi connectivity index (χ2v) is 9.97. The minimum Gasteiger partial charge on any atom is -0.354 e. The second kappa shape index (κ2) is 10.4. The number of sulfonamides is 1. The summed E-state index contributed by atoms with van der Waals surface area (Å²) in [6.07, 6.45) is 1.02. The van der Waals surface area contributed by atoms with Gasteiger partial charge in [-0.25, -0.2) is 8.42 Å². The van der Waals surface area contributed by atoms with Gasteiger partial charge in [0.05, 0.1) is 22.0 Å². The van der Waals surface area contributed by atoms with Crippen LogP contribution < -0.4 is 9.62 Å². The highest BCUT2D eigenvalue weighted by Gasteiger charge is 2.23. The number of nitrogens with one attached hydrogen (secondary N) is 1. The van der Waals surface area contributed by atoms with E-state index in [-0.39, 0.29) is 22.3 Å². The van der Waals surface area contributed by atoms with Gasteiger partial charge in [-0.1, -0.05) is 53.5 Å². The summed E-state index contributed by atoms with van der Waals surface area (Å²) < 4.78 is 25.2. The Morgan fingerprint density at radius 2 is 1.86 bits per heavy atom. The van der Waals surface area contributed by atoms with Crippen molar-refractivity contribution in [3.63, 3.8) is 0 Å². The van der Waals surface area contributed by atoms with E-state index in [0.29, 0.717) is 6.54 Å². The molecule has 5 nitrogen and oxygen atoms in total. The summed E-state index contributed by atoms with van der Waals surface area (Å²) in [7, 11) is -3.70. The highest BCUT2D eigenvalue weighted by Crippen LogP contribution is 2.33. The van der Waals surface area contributed by atoms with Crippen LogP contribution in [0.2, 0.25) is 10.0 Å². The molecule has 1 amide bonds. The van der Waals surface area contributed by atoms with Crippen LogP contribution in [0, 0.1) is 6.92 Å². The van der Waals surface area contributed by atoms with E-state index in [1.165, 1.54) is 17.2 Å². The zero-order chi connectivity index (χ0) is 20.7. The van der Waals surface area contributed by atoms with Crippen molar-refractivity contribution in [3.05, 3.63) is 63.6 Å². The molecule has 2 aromatic rings. The Kier molecular flexibility index (Phi) is 8.49. The van der Waals surface area contributed by atoms with Gasteiger partial charge in [-0.15, -0.1) is 0 Å². The average molecular weight is 461 g/mol. The molecule has 0 atom stereocenters. The number of hydrogen-bond acceptors (Lipinski definition) is 4. The van der Waals surface area contributed by atoms with E-state index in [2.05, 4.69) is 24.4 Å². The summed E-state index contributed by atoms with van der Waals surface area (Å²) in [5.74, 6) is 1.17. The first kappa shape index (κ1) is 22.9. The van der Waals surface area contributed by atoms with Crippen LogP contribution in [0.5, 0.6) is 0 Å². The fourth-order valence-electron chi connectivity index (χ4n) is 2.47. The number of carbonyl (C=O) groups excluding carboxylic acids is 1. The molecular weight excluding hydrogens is 439 g/mol. The van der Waals surface area contributed by atoms with Crippen molar-refractivity contribution in [2.75, 3.05) is 29.4 Å². The largest absolute Gasteiger partial charge is 0.354 e. The van der Waals surface area contributed by atoms with Crippen LogP contribution in [0.1, 0.15) is 11.1 Å². The van der Waals surface area contributed by atoms with Crippen molar-refractivity contribution in [2.45, 2.75) is 12.7 Å². The predicted octanol–water partition coefficient (Wildman–Crippen LogP) is 4.12. The molecule has 152 valence electrons. The molecule has 0 heterocycles. The molecule has 0 bridgehead atoms. The van der Waals surface area contributed by atoms with Crippen LogP contribution in [-0.4, -0.2) is 39.4 Å². The number of thioether (sulfide) groups is 1.